The number of carbonyl (C=O) groups excluding carboxylic acids is 2. The molecule has 3 aliphatic rings. The van der Waals surface area contributed by atoms with Gasteiger partial charge in [-0.2, -0.15) is 0 Å². The van der Waals surface area contributed by atoms with Crippen LogP contribution in [0.15, 0.2) is 42.2 Å². The van der Waals surface area contributed by atoms with E-state index in [9.17, 15) is 9.59 Å². The third-order valence-corrected chi connectivity index (χ3v) is 5.15. The maximum Gasteiger partial charge on any atom is 0.238 e. The van der Waals surface area contributed by atoms with Gasteiger partial charge in [0.1, 0.15) is 0 Å². The molecule has 120 valence electrons. The molecule has 0 N–H and O–H groups in total. The molecule has 2 fully saturated rings. The monoisotopic (exact) mass is 313 g/mol. The highest BCUT2D eigenvalue weighted by Gasteiger charge is 2.56. The standard InChI is InChI=1S/C18H19NO4/c1-22-13-9-10-23-14-8-7-12-15(16(13)14)18(21)19(17(12)20)11-5-3-2-4-6-11/h2-6,8,12-13,15-16H,7,9-10H2,1H3/t12-,13-,15-,16+/m1/s1. The van der Waals surface area contributed by atoms with Crippen LogP contribution >= 0.6 is 0 Å². The number of anilines is 1. The van der Waals surface area contributed by atoms with Gasteiger partial charge in [0.2, 0.25) is 11.8 Å². The highest BCUT2D eigenvalue weighted by Crippen LogP contribution is 2.47. The van der Waals surface area contributed by atoms with Crippen LogP contribution in [0, 0.1) is 17.8 Å². The van der Waals surface area contributed by atoms with Crippen molar-refractivity contribution < 1.29 is 19.1 Å². The number of ether oxygens (including phenoxy) is 2. The van der Waals surface area contributed by atoms with Crippen molar-refractivity contribution in [3.05, 3.63) is 42.2 Å². The maximum absolute atomic E-state index is 13.0. The molecule has 5 heteroatoms. The number of nitrogens with zero attached hydrogens (tertiary/aromatic N) is 1. The first-order valence-corrected chi connectivity index (χ1v) is 8.01. The largest absolute Gasteiger partial charge is 0.498 e. The van der Waals surface area contributed by atoms with Crippen LogP contribution in [0.5, 0.6) is 0 Å². The summed E-state index contributed by atoms with van der Waals surface area (Å²) in [5, 5.41) is 0. The zero-order valence-corrected chi connectivity index (χ0v) is 13.0. The van der Waals surface area contributed by atoms with Gasteiger partial charge in [-0.25, -0.2) is 0 Å². The number of imide groups is 1. The average molecular weight is 313 g/mol. The molecule has 0 spiro atoms. The fraction of sp³-hybridized carbons (Fsp3) is 0.444. The summed E-state index contributed by atoms with van der Waals surface area (Å²) >= 11 is 0. The molecule has 0 saturated carbocycles. The number of fused-ring (bicyclic) bond motifs is 3. The summed E-state index contributed by atoms with van der Waals surface area (Å²) < 4.78 is 11.3. The Hall–Kier alpha value is -2.14. The van der Waals surface area contributed by atoms with Gasteiger partial charge < -0.3 is 9.47 Å². The van der Waals surface area contributed by atoms with Crippen molar-refractivity contribution in [2.75, 3.05) is 18.6 Å². The average Bonchev–Trinajstić information content (AvgIpc) is 2.86. The molecule has 2 aliphatic heterocycles. The topological polar surface area (TPSA) is 55.8 Å². The minimum atomic E-state index is -0.382. The molecule has 1 aromatic carbocycles. The molecule has 0 unspecified atom stereocenters. The first-order valence-electron chi connectivity index (χ1n) is 8.01. The molecular weight excluding hydrogens is 294 g/mol. The van der Waals surface area contributed by atoms with E-state index >= 15 is 0 Å². The molecule has 23 heavy (non-hydrogen) atoms. The number of benzene rings is 1. The second-order valence-electron chi connectivity index (χ2n) is 6.26. The summed E-state index contributed by atoms with van der Waals surface area (Å²) in [6, 6.07) is 9.14. The maximum atomic E-state index is 13.0. The first-order chi connectivity index (χ1) is 11.2. The van der Waals surface area contributed by atoms with Gasteiger partial charge in [0.15, 0.2) is 0 Å². The van der Waals surface area contributed by atoms with E-state index in [1.54, 1.807) is 19.2 Å². The van der Waals surface area contributed by atoms with Crippen molar-refractivity contribution in [1.82, 2.24) is 0 Å². The normalized spacial score (nSPS) is 32.9. The summed E-state index contributed by atoms with van der Waals surface area (Å²) in [4.78, 5) is 27.2. The Bertz CT molecular complexity index is 669. The number of para-hydroxylation sites is 1. The molecule has 5 nitrogen and oxygen atoms in total. The smallest absolute Gasteiger partial charge is 0.238 e. The van der Waals surface area contributed by atoms with Crippen LogP contribution in [0.1, 0.15) is 12.8 Å². The fourth-order valence-corrected chi connectivity index (χ4v) is 4.09. The Balaban J connectivity index is 1.73. The second-order valence-corrected chi connectivity index (χ2v) is 6.26. The van der Waals surface area contributed by atoms with Crippen molar-refractivity contribution >= 4 is 17.5 Å². The van der Waals surface area contributed by atoms with Gasteiger partial charge >= 0.3 is 0 Å². The SMILES string of the molecule is CO[C@@H]1CCOC2=CC[C@H]3C(=O)N(c4ccccc4)C(=O)[C@H]3[C@H]21. The van der Waals surface area contributed by atoms with Crippen LogP contribution in [0.2, 0.25) is 0 Å². The molecule has 4 atom stereocenters. The summed E-state index contributed by atoms with van der Waals surface area (Å²) in [6.45, 7) is 0.600. The van der Waals surface area contributed by atoms with E-state index in [2.05, 4.69) is 0 Å². The van der Waals surface area contributed by atoms with Gasteiger partial charge in [0.25, 0.3) is 0 Å². The zero-order chi connectivity index (χ0) is 16.0. The van der Waals surface area contributed by atoms with E-state index in [1.165, 1.54) is 4.90 Å². The minimum absolute atomic E-state index is 0.0738. The van der Waals surface area contributed by atoms with E-state index in [0.29, 0.717) is 18.7 Å². The summed E-state index contributed by atoms with van der Waals surface area (Å²) in [5.74, 6) is -0.266. The number of allylic oxidation sites excluding steroid dienone is 1. The molecule has 2 heterocycles. The predicted octanol–water partition coefficient (Wildman–Crippen LogP) is 2.13. The van der Waals surface area contributed by atoms with Gasteiger partial charge in [-0.3, -0.25) is 14.5 Å². The Labute approximate surface area is 134 Å². The van der Waals surface area contributed by atoms with Crippen molar-refractivity contribution in [3.8, 4) is 0 Å². The number of rotatable bonds is 2. The van der Waals surface area contributed by atoms with Crippen LogP contribution in [-0.2, 0) is 19.1 Å². The van der Waals surface area contributed by atoms with E-state index in [0.717, 1.165) is 12.2 Å². The van der Waals surface area contributed by atoms with Crippen LogP contribution in [-0.4, -0.2) is 31.6 Å². The van der Waals surface area contributed by atoms with Crippen LogP contribution < -0.4 is 4.90 Å². The lowest BCUT2D eigenvalue weighted by Gasteiger charge is -2.39. The molecule has 1 aliphatic carbocycles. The number of hydrogen-bond donors (Lipinski definition) is 0. The first kappa shape index (κ1) is 14.5. The molecule has 0 radical (unpaired) electrons. The molecule has 2 amide bonds. The highest BCUT2D eigenvalue weighted by atomic mass is 16.5. The third kappa shape index (κ3) is 2.10. The van der Waals surface area contributed by atoms with Crippen molar-refractivity contribution in [2.24, 2.45) is 17.8 Å². The fourth-order valence-electron chi connectivity index (χ4n) is 4.09. The second kappa shape index (κ2) is 5.49. The Morgan fingerprint density at radius 1 is 1.13 bits per heavy atom. The van der Waals surface area contributed by atoms with Crippen molar-refractivity contribution in [1.29, 1.82) is 0 Å². The number of hydrogen-bond acceptors (Lipinski definition) is 4. The van der Waals surface area contributed by atoms with E-state index in [-0.39, 0.29) is 35.7 Å². The Morgan fingerprint density at radius 3 is 2.65 bits per heavy atom. The lowest BCUT2D eigenvalue weighted by Crippen LogP contribution is -2.43. The number of amides is 2. The van der Waals surface area contributed by atoms with Gasteiger partial charge in [-0.05, 0) is 24.6 Å². The zero-order valence-electron chi connectivity index (χ0n) is 13.0. The molecule has 2 saturated heterocycles. The summed E-state index contributed by atoms with van der Waals surface area (Å²) in [5.41, 5.74) is 0.643. The van der Waals surface area contributed by atoms with Crippen molar-refractivity contribution in [3.63, 3.8) is 0 Å². The molecule has 0 aromatic heterocycles. The third-order valence-electron chi connectivity index (χ3n) is 5.15. The van der Waals surface area contributed by atoms with Crippen molar-refractivity contribution in [2.45, 2.75) is 18.9 Å². The molecule has 4 rings (SSSR count). The Morgan fingerprint density at radius 2 is 1.91 bits per heavy atom. The lowest BCUT2D eigenvalue weighted by molar-refractivity contribution is -0.128. The predicted molar refractivity (Wildman–Crippen MR) is 83.5 cm³/mol. The quantitative estimate of drug-likeness (QED) is 0.785. The summed E-state index contributed by atoms with van der Waals surface area (Å²) in [6.07, 6.45) is 3.20. The number of carbonyl (C=O) groups is 2. The van der Waals surface area contributed by atoms with E-state index < -0.39 is 0 Å². The van der Waals surface area contributed by atoms with Crippen LogP contribution in [0.25, 0.3) is 0 Å². The van der Waals surface area contributed by atoms with E-state index in [1.807, 2.05) is 24.3 Å². The Kier molecular flexibility index (Phi) is 3.45. The highest BCUT2D eigenvalue weighted by molar-refractivity contribution is 6.22. The van der Waals surface area contributed by atoms with Gasteiger partial charge in [-0.15, -0.1) is 0 Å². The van der Waals surface area contributed by atoms with E-state index in [4.69, 9.17) is 9.47 Å². The van der Waals surface area contributed by atoms with Crippen LogP contribution in [0.3, 0.4) is 0 Å². The number of methoxy groups -OCH3 is 1. The lowest BCUT2D eigenvalue weighted by atomic mass is 9.72. The minimum Gasteiger partial charge on any atom is -0.498 e. The van der Waals surface area contributed by atoms with Gasteiger partial charge in [0, 0.05) is 13.5 Å². The van der Waals surface area contributed by atoms with Gasteiger partial charge in [-0.1, -0.05) is 18.2 Å². The van der Waals surface area contributed by atoms with Gasteiger partial charge in [0.05, 0.1) is 41.9 Å². The molecular formula is C18H19NO4. The summed E-state index contributed by atoms with van der Waals surface area (Å²) in [7, 11) is 1.66. The molecule has 1 aromatic rings. The van der Waals surface area contributed by atoms with Crippen LogP contribution in [0.4, 0.5) is 5.69 Å². The molecule has 0 bridgehead atoms.